The van der Waals surface area contributed by atoms with Crippen LogP contribution in [0.3, 0.4) is 0 Å². The van der Waals surface area contributed by atoms with E-state index in [-0.39, 0.29) is 12.2 Å². The minimum atomic E-state index is -0.458. The van der Waals surface area contributed by atoms with Gasteiger partial charge in [0.15, 0.2) is 11.5 Å². The van der Waals surface area contributed by atoms with Crippen LogP contribution < -0.4 is 14.8 Å². The van der Waals surface area contributed by atoms with Crippen molar-refractivity contribution in [3.63, 3.8) is 0 Å². The highest BCUT2D eigenvalue weighted by Gasteiger charge is 2.15. The van der Waals surface area contributed by atoms with Gasteiger partial charge in [0, 0.05) is 16.6 Å². The second-order valence-corrected chi connectivity index (χ2v) is 6.60. The summed E-state index contributed by atoms with van der Waals surface area (Å²) in [5, 5.41) is 12.2. The zero-order valence-corrected chi connectivity index (χ0v) is 17.0. The molecule has 1 N–H and O–H groups in total. The van der Waals surface area contributed by atoms with Gasteiger partial charge in [-0.3, -0.25) is 4.79 Å². The molecule has 2 aromatic rings. The summed E-state index contributed by atoms with van der Waals surface area (Å²) < 4.78 is 11.6. The molecule has 0 aliphatic carbocycles. The van der Waals surface area contributed by atoms with Crippen molar-refractivity contribution in [1.29, 1.82) is 5.26 Å². The van der Waals surface area contributed by atoms with Crippen LogP contribution >= 0.6 is 15.9 Å². The summed E-state index contributed by atoms with van der Waals surface area (Å²) in [7, 11) is 1.50. The molecule has 0 aromatic heterocycles. The van der Waals surface area contributed by atoms with Gasteiger partial charge < -0.3 is 14.8 Å². The number of amides is 1. The van der Waals surface area contributed by atoms with Gasteiger partial charge in [-0.2, -0.15) is 5.26 Å². The summed E-state index contributed by atoms with van der Waals surface area (Å²) in [6.45, 7) is 0.452. The van der Waals surface area contributed by atoms with Crippen molar-refractivity contribution >= 4 is 27.9 Å². The van der Waals surface area contributed by atoms with Crippen molar-refractivity contribution in [3.05, 3.63) is 63.6 Å². The molecule has 0 spiro atoms. The normalized spacial score (nSPS) is 10.5. The number of nitrogens with zero attached hydrogens (tertiary/aromatic N) is 1. The van der Waals surface area contributed by atoms with E-state index in [1.165, 1.54) is 13.2 Å². The summed E-state index contributed by atoms with van der Waals surface area (Å²) in [4.78, 5) is 12.4. The van der Waals surface area contributed by atoms with Gasteiger partial charge in [-0.25, -0.2) is 0 Å². The highest BCUT2D eigenvalue weighted by Crippen LogP contribution is 2.36. The lowest BCUT2D eigenvalue weighted by molar-refractivity contribution is -0.117. The predicted octanol–water partition coefficient (Wildman–Crippen LogP) is 3.74. The molecule has 0 unspecified atom stereocenters. The molecule has 2 rings (SSSR count). The van der Waals surface area contributed by atoms with E-state index >= 15 is 0 Å². The Morgan fingerprint density at radius 1 is 1.32 bits per heavy atom. The van der Waals surface area contributed by atoms with Crippen LogP contribution in [0.25, 0.3) is 6.08 Å². The molecular formula is C22H19BrN2O3. The Labute approximate surface area is 173 Å². The van der Waals surface area contributed by atoms with Crippen LogP contribution in [0.4, 0.5) is 0 Å². The summed E-state index contributed by atoms with van der Waals surface area (Å²) >= 11 is 3.38. The number of methoxy groups -OCH3 is 1. The number of halogens is 1. The number of rotatable bonds is 8. The van der Waals surface area contributed by atoms with Crippen molar-refractivity contribution in [2.75, 3.05) is 20.3 Å². The topological polar surface area (TPSA) is 71.3 Å². The van der Waals surface area contributed by atoms with Crippen molar-refractivity contribution in [2.24, 2.45) is 0 Å². The molecular weight excluding hydrogens is 420 g/mol. The van der Waals surface area contributed by atoms with Gasteiger partial charge in [0.25, 0.3) is 5.91 Å². The Balaban J connectivity index is 2.20. The molecule has 0 atom stereocenters. The maximum Gasteiger partial charge on any atom is 0.261 e. The Hall–Kier alpha value is -3.22. The first-order chi connectivity index (χ1) is 13.6. The lowest BCUT2D eigenvalue weighted by Gasteiger charge is -2.13. The molecule has 0 fully saturated rings. The van der Waals surface area contributed by atoms with Crippen LogP contribution in [0.1, 0.15) is 11.1 Å². The van der Waals surface area contributed by atoms with E-state index < -0.39 is 5.91 Å². The number of terminal acetylenes is 1. The average molecular weight is 439 g/mol. The van der Waals surface area contributed by atoms with E-state index in [0.29, 0.717) is 34.5 Å². The van der Waals surface area contributed by atoms with E-state index in [1.807, 2.05) is 36.4 Å². The summed E-state index contributed by atoms with van der Waals surface area (Å²) in [6.07, 6.45) is 7.40. The number of nitrogens with one attached hydrogen (secondary N) is 1. The van der Waals surface area contributed by atoms with Crippen LogP contribution in [0.2, 0.25) is 0 Å². The number of hydrogen-bond donors (Lipinski definition) is 1. The highest BCUT2D eigenvalue weighted by atomic mass is 79.9. The predicted molar refractivity (Wildman–Crippen MR) is 112 cm³/mol. The first kappa shape index (κ1) is 21.1. The fraction of sp³-hybridized carbons (Fsp3) is 0.182. The smallest absolute Gasteiger partial charge is 0.261 e. The third kappa shape index (κ3) is 5.90. The molecule has 0 aliphatic rings. The first-order valence-electron chi connectivity index (χ1n) is 8.46. The van der Waals surface area contributed by atoms with Crippen molar-refractivity contribution < 1.29 is 14.3 Å². The quantitative estimate of drug-likeness (QED) is 0.387. The molecule has 0 radical (unpaired) electrons. The van der Waals surface area contributed by atoms with Crippen LogP contribution in [0, 0.1) is 23.7 Å². The number of nitriles is 1. The molecule has 28 heavy (non-hydrogen) atoms. The third-order valence-electron chi connectivity index (χ3n) is 3.78. The SMILES string of the molecule is C#CCOc1c(/C=C(\C#N)C(=O)NCCc2ccccc2)cc(Br)cc1OC. The van der Waals surface area contributed by atoms with Gasteiger partial charge in [-0.15, -0.1) is 6.42 Å². The minimum Gasteiger partial charge on any atom is -0.493 e. The minimum absolute atomic E-state index is 0.0317. The Morgan fingerprint density at radius 3 is 2.71 bits per heavy atom. The van der Waals surface area contributed by atoms with E-state index in [0.717, 1.165) is 5.56 Å². The van der Waals surface area contributed by atoms with E-state index in [1.54, 1.807) is 12.1 Å². The number of hydrogen-bond acceptors (Lipinski definition) is 4. The number of ether oxygens (including phenoxy) is 2. The maximum atomic E-state index is 12.4. The fourth-order valence-corrected chi connectivity index (χ4v) is 2.93. The number of carbonyl (C=O) groups is 1. The standard InChI is InChI=1S/C22H19BrN2O3/c1-3-11-28-21-17(13-19(23)14-20(21)27-2)12-18(15-24)22(26)25-10-9-16-7-5-4-6-8-16/h1,4-8,12-14H,9-11H2,2H3,(H,25,26)/b18-12+. The van der Waals surface area contributed by atoms with Crippen molar-refractivity contribution in [1.82, 2.24) is 5.32 Å². The Kier molecular flexibility index (Phi) is 8.14. The first-order valence-corrected chi connectivity index (χ1v) is 9.26. The number of benzene rings is 2. The van der Waals surface area contributed by atoms with Gasteiger partial charge in [0.2, 0.25) is 0 Å². The zero-order valence-electron chi connectivity index (χ0n) is 15.4. The lowest BCUT2D eigenvalue weighted by Crippen LogP contribution is -2.26. The molecule has 2 aromatic carbocycles. The van der Waals surface area contributed by atoms with Gasteiger partial charge >= 0.3 is 0 Å². The van der Waals surface area contributed by atoms with Gasteiger partial charge in [-0.05, 0) is 30.2 Å². The number of carbonyl (C=O) groups excluding carboxylic acids is 1. The molecule has 0 saturated heterocycles. The summed E-state index contributed by atoms with van der Waals surface area (Å²) in [6, 6.07) is 15.2. The van der Waals surface area contributed by atoms with Gasteiger partial charge in [-0.1, -0.05) is 52.2 Å². The van der Waals surface area contributed by atoms with Crippen molar-refractivity contribution in [2.45, 2.75) is 6.42 Å². The molecule has 5 nitrogen and oxygen atoms in total. The van der Waals surface area contributed by atoms with Crippen LogP contribution in [-0.2, 0) is 11.2 Å². The molecule has 0 saturated carbocycles. The largest absolute Gasteiger partial charge is 0.493 e. The summed E-state index contributed by atoms with van der Waals surface area (Å²) in [5.74, 6) is 2.74. The fourth-order valence-electron chi connectivity index (χ4n) is 2.48. The second-order valence-electron chi connectivity index (χ2n) is 5.68. The lowest BCUT2D eigenvalue weighted by atomic mass is 10.1. The monoisotopic (exact) mass is 438 g/mol. The molecule has 142 valence electrons. The molecule has 6 heteroatoms. The highest BCUT2D eigenvalue weighted by molar-refractivity contribution is 9.10. The average Bonchev–Trinajstić information content (AvgIpc) is 2.71. The Bertz CT molecular complexity index is 941. The van der Waals surface area contributed by atoms with Crippen LogP contribution in [0.5, 0.6) is 11.5 Å². The molecule has 0 bridgehead atoms. The molecule has 0 aliphatic heterocycles. The van der Waals surface area contributed by atoms with Gasteiger partial charge in [0.05, 0.1) is 7.11 Å². The third-order valence-corrected chi connectivity index (χ3v) is 4.23. The molecule has 0 heterocycles. The van der Waals surface area contributed by atoms with E-state index in [2.05, 4.69) is 27.2 Å². The van der Waals surface area contributed by atoms with Crippen LogP contribution in [0.15, 0.2) is 52.5 Å². The van der Waals surface area contributed by atoms with Gasteiger partial charge in [0.1, 0.15) is 18.2 Å². The molecule has 1 amide bonds. The van der Waals surface area contributed by atoms with E-state index in [4.69, 9.17) is 15.9 Å². The Morgan fingerprint density at radius 2 is 2.07 bits per heavy atom. The summed E-state index contributed by atoms with van der Waals surface area (Å²) in [5.41, 5.74) is 1.57. The zero-order chi connectivity index (χ0) is 20.4. The second kappa shape index (κ2) is 10.8. The van der Waals surface area contributed by atoms with Crippen molar-refractivity contribution in [3.8, 4) is 29.9 Å². The maximum absolute atomic E-state index is 12.4. The van der Waals surface area contributed by atoms with Crippen LogP contribution in [-0.4, -0.2) is 26.2 Å². The van der Waals surface area contributed by atoms with E-state index in [9.17, 15) is 10.1 Å².